The first-order valence-electron chi connectivity index (χ1n) is 10.3. The van der Waals surface area contributed by atoms with Gasteiger partial charge in [0, 0.05) is 24.3 Å². The molecule has 1 atom stereocenters. The Morgan fingerprint density at radius 1 is 1.16 bits per heavy atom. The van der Waals surface area contributed by atoms with Gasteiger partial charge in [0.15, 0.2) is 11.5 Å². The summed E-state index contributed by atoms with van der Waals surface area (Å²) in [5, 5.41) is 8.52. The predicted octanol–water partition coefficient (Wildman–Crippen LogP) is 2.16. The van der Waals surface area contributed by atoms with E-state index in [1.54, 1.807) is 11.0 Å². The molecule has 5 rings (SSSR count). The fourth-order valence-electron chi connectivity index (χ4n) is 4.03. The fraction of sp³-hybridized carbons (Fsp3) is 0.381. The standard InChI is InChI=1S/C21H23N5O4S/c1-30-17-10-7-14(13-18(17)31(28,29)24-15-8-9-15)21(27)25-12-4-5-16(25)20-23-22-19-6-2-3-11-26(19)20/h2-3,6-7,10-11,13,15-16,24H,4-5,8-9,12H2,1H3/t16-/m1/s1. The number of hydrogen-bond acceptors (Lipinski definition) is 6. The molecular weight excluding hydrogens is 418 g/mol. The lowest BCUT2D eigenvalue weighted by molar-refractivity contribution is 0.0729. The number of carbonyl (C=O) groups excluding carboxylic acids is 1. The molecule has 1 amide bonds. The monoisotopic (exact) mass is 441 g/mol. The molecule has 9 nitrogen and oxygen atoms in total. The number of methoxy groups -OCH3 is 1. The lowest BCUT2D eigenvalue weighted by Crippen LogP contribution is -2.32. The molecule has 3 heterocycles. The third-order valence-corrected chi connectivity index (χ3v) is 7.29. The molecule has 1 saturated carbocycles. The summed E-state index contributed by atoms with van der Waals surface area (Å²) >= 11 is 0. The Morgan fingerprint density at radius 3 is 2.77 bits per heavy atom. The van der Waals surface area contributed by atoms with Crippen LogP contribution in [0.1, 0.15) is 47.9 Å². The maximum atomic E-state index is 13.4. The van der Waals surface area contributed by atoms with E-state index in [2.05, 4.69) is 14.9 Å². The number of ether oxygens (including phenoxy) is 1. The van der Waals surface area contributed by atoms with Crippen LogP contribution in [0.25, 0.3) is 5.65 Å². The number of aromatic nitrogens is 3. The van der Waals surface area contributed by atoms with Crippen LogP contribution in [0, 0.1) is 0 Å². The average molecular weight is 442 g/mol. The third kappa shape index (κ3) is 3.66. The summed E-state index contributed by atoms with van der Waals surface area (Å²) in [6, 6.07) is 9.93. The smallest absolute Gasteiger partial charge is 0.254 e. The van der Waals surface area contributed by atoms with E-state index in [0.29, 0.717) is 17.9 Å². The van der Waals surface area contributed by atoms with E-state index in [4.69, 9.17) is 4.74 Å². The molecule has 2 fully saturated rings. The van der Waals surface area contributed by atoms with E-state index in [0.717, 1.165) is 31.3 Å². The molecule has 1 saturated heterocycles. The molecule has 0 unspecified atom stereocenters. The summed E-state index contributed by atoms with van der Waals surface area (Å²) in [5.74, 6) is 0.685. The minimum atomic E-state index is -3.78. The Hall–Kier alpha value is -2.98. The lowest BCUT2D eigenvalue weighted by Gasteiger charge is -2.24. The fourth-order valence-corrected chi connectivity index (χ4v) is 5.53. The highest BCUT2D eigenvalue weighted by Crippen LogP contribution is 2.34. The molecule has 0 spiro atoms. The summed E-state index contributed by atoms with van der Waals surface area (Å²) < 4.78 is 35.4. The van der Waals surface area contributed by atoms with Gasteiger partial charge in [-0.1, -0.05) is 6.07 Å². The molecule has 1 aromatic carbocycles. The Balaban J connectivity index is 1.48. The Kier molecular flexibility index (Phi) is 4.90. The van der Waals surface area contributed by atoms with Crippen molar-refractivity contribution in [3.8, 4) is 5.75 Å². The number of amides is 1. The van der Waals surface area contributed by atoms with Crippen molar-refractivity contribution < 1.29 is 17.9 Å². The topological polar surface area (TPSA) is 106 Å². The number of carbonyl (C=O) groups is 1. The molecular formula is C21H23N5O4S. The molecule has 2 aromatic heterocycles. The van der Waals surface area contributed by atoms with Gasteiger partial charge in [0.2, 0.25) is 10.0 Å². The van der Waals surface area contributed by atoms with Crippen LogP contribution in [-0.4, -0.2) is 53.5 Å². The molecule has 0 radical (unpaired) electrons. The summed E-state index contributed by atoms with van der Waals surface area (Å²) in [5.41, 5.74) is 1.03. The highest BCUT2D eigenvalue weighted by atomic mass is 32.2. The van der Waals surface area contributed by atoms with Crippen LogP contribution in [0.3, 0.4) is 0 Å². The lowest BCUT2D eigenvalue weighted by atomic mass is 10.1. The SMILES string of the molecule is COc1ccc(C(=O)N2CCC[C@@H]2c2nnc3ccccn23)cc1S(=O)(=O)NC1CC1. The van der Waals surface area contributed by atoms with Crippen molar-refractivity contribution in [2.75, 3.05) is 13.7 Å². The zero-order chi connectivity index (χ0) is 21.6. The van der Waals surface area contributed by atoms with Gasteiger partial charge in [-0.05, 0) is 56.0 Å². The number of sulfonamides is 1. The van der Waals surface area contributed by atoms with Crippen LogP contribution in [-0.2, 0) is 10.0 Å². The zero-order valence-electron chi connectivity index (χ0n) is 17.1. The number of likely N-dealkylation sites (tertiary alicyclic amines) is 1. The number of hydrogen-bond donors (Lipinski definition) is 1. The van der Waals surface area contributed by atoms with E-state index >= 15 is 0 Å². The largest absolute Gasteiger partial charge is 0.495 e. The molecule has 162 valence electrons. The number of benzene rings is 1. The first kappa shape index (κ1) is 20.0. The first-order chi connectivity index (χ1) is 15.0. The Labute approximate surface area is 180 Å². The summed E-state index contributed by atoms with van der Waals surface area (Å²) in [4.78, 5) is 15.1. The van der Waals surface area contributed by atoms with E-state index in [-0.39, 0.29) is 28.6 Å². The molecule has 10 heteroatoms. The van der Waals surface area contributed by atoms with Gasteiger partial charge in [0.1, 0.15) is 10.6 Å². The minimum absolute atomic E-state index is 0.0172. The first-order valence-corrected chi connectivity index (χ1v) is 11.8. The van der Waals surface area contributed by atoms with Gasteiger partial charge >= 0.3 is 0 Å². The molecule has 2 aliphatic rings. The second kappa shape index (κ2) is 7.61. The minimum Gasteiger partial charge on any atom is -0.495 e. The maximum Gasteiger partial charge on any atom is 0.254 e. The van der Waals surface area contributed by atoms with Gasteiger partial charge < -0.3 is 9.64 Å². The average Bonchev–Trinajstić information content (AvgIpc) is 3.27. The van der Waals surface area contributed by atoms with Crippen molar-refractivity contribution >= 4 is 21.6 Å². The van der Waals surface area contributed by atoms with Crippen LogP contribution in [0.2, 0.25) is 0 Å². The van der Waals surface area contributed by atoms with Crippen LogP contribution in [0.5, 0.6) is 5.75 Å². The van der Waals surface area contributed by atoms with Crippen LogP contribution in [0.15, 0.2) is 47.5 Å². The summed E-state index contributed by atoms with van der Waals surface area (Å²) in [6.45, 7) is 0.569. The van der Waals surface area contributed by atoms with Crippen LogP contribution >= 0.6 is 0 Å². The Bertz CT molecular complexity index is 1250. The second-order valence-electron chi connectivity index (χ2n) is 7.90. The van der Waals surface area contributed by atoms with E-state index < -0.39 is 10.0 Å². The van der Waals surface area contributed by atoms with Crippen molar-refractivity contribution in [2.45, 2.75) is 42.7 Å². The molecule has 1 aliphatic heterocycles. The second-order valence-corrected chi connectivity index (χ2v) is 9.59. The van der Waals surface area contributed by atoms with Gasteiger partial charge in [0.05, 0.1) is 13.2 Å². The normalized spacial score (nSPS) is 19.1. The van der Waals surface area contributed by atoms with Gasteiger partial charge in [-0.15, -0.1) is 10.2 Å². The molecule has 31 heavy (non-hydrogen) atoms. The number of nitrogens with zero attached hydrogens (tertiary/aromatic N) is 4. The number of fused-ring (bicyclic) bond motifs is 1. The highest BCUT2D eigenvalue weighted by Gasteiger charge is 2.35. The number of nitrogens with one attached hydrogen (secondary N) is 1. The van der Waals surface area contributed by atoms with Gasteiger partial charge in [-0.3, -0.25) is 9.20 Å². The molecule has 3 aromatic rings. The van der Waals surface area contributed by atoms with Gasteiger partial charge in [0.25, 0.3) is 5.91 Å². The van der Waals surface area contributed by atoms with E-state index in [9.17, 15) is 13.2 Å². The molecule has 1 aliphatic carbocycles. The van der Waals surface area contributed by atoms with E-state index in [1.807, 2.05) is 28.8 Å². The van der Waals surface area contributed by atoms with Crippen molar-refractivity contribution in [2.24, 2.45) is 0 Å². The van der Waals surface area contributed by atoms with Gasteiger partial charge in [-0.2, -0.15) is 0 Å². The highest BCUT2D eigenvalue weighted by molar-refractivity contribution is 7.89. The van der Waals surface area contributed by atoms with Crippen molar-refractivity contribution in [3.05, 3.63) is 54.0 Å². The summed E-state index contributed by atoms with van der Waals surface area (Å²) in [6.07, 6.45) is 5.13. The third-order valence-electron chi connectivity index (χ3n) is 5.75. The molecule has 1 N–H and O–H groups in total. The number of rotatable bonds is 6. The van der Waals surface area contributed by atoms with Gasteiger partial charge in [-0.25, -0.2) is 13.1 Å². The van der Waals surface area contributed by atoms with Crippen molar-refractivity contribution in [1.29, 1.82) is 0 Å². The van der Waals surface area contributed by atoms with E-state index in [1.165, 1.54) is 19.2 Å². The quantitative estimate of drug-likeness (QED) is 0.628. The zero-order valence-corrected chi connectivity index (χ0v) is 17.9. The van der Waals surface area contributed by atoms with Crippen molar-refractivity contribution in [1.82, 2.24) is 24.2 Å². The molecule has 0 bridgehead atoms. The summed E-state index contributed by atoms with van der Waals surface area (Å²) in [7, 11) is -2.36. The Morgan fingerprint density at radius 2 is 2.00 bits per heavy atom. The predicted molar refractivity (Wildman–Crippen MR) is 112 cm³/mol. The van der Waals surface area contributed by atoms with Crippen LogP contribution in [0.4, 0.5) is 0 Å². The van der Waals surface area contributed by atoms with Crippen LogP contribution < -0.4 is 9.46 Å². The maximum absolute atomic E-state index is 13.4. The number of pyridine rings is 1. The van der Waals surface area contributed by atoms with Crippen molar-refractivity contribution in [3.63, 3.8) is 0 Å².